The predicted molar refractivity (Wildman–Crippen MR) is 96.0 cm³/mol. The van der Waals surface area contributed by atoms with Gasteiger partial charge in [0, 0.05) is 10.0 Å². The Morgan fingerprint density at radius 2 is 1.68 bits per heavy atom. The molecule has 0 saturated heterocycles. The van der Waals surface area contributed by atoms with Crippen LogP contribution in [0.4, 0.5) is 5.82 Å². The van der Waals surface area contributed by atoms with Gasteiger partial charge in [-0.15, -0.1) is 0 Å². The van der Waals surface area contributed by atoms with Crippen LogP contribution < -0.4 is 11.3 Å². The average molecular weight is 403 g/mol. The summed E-state index contributed by atoms with van der Waals surface area (Å²) in [5.74, 6) is -3.37. The minimum Gasteiger partial charge on any atom is -0.478 e. The summed E-state index contributed by atoms with van der Waals surface area (Å²) in [7, 11) is 0. The van der Waals surface area contributed by atoms with Gasteiger partial charge in [-0.1, -0.05) is 40.2 Å². The number of nitrogens with one attached hydrogen (secondary N) is 1. The minimum atomic E-state index is -1.54. The number of nitrogens with two attached hydrogens (primary N) is 1. The van der Waals surface area contributed by atoms with Gasteiger partial charge in [0.15, 0.2) is 0 Å². The lowest BCUT2D eigenvalue weighted by Crippen LogP contribution is -2.24. The summed E-state index contributed by atoms with van der Waals surface area (Å²) < 4.78 is 0.632. The van der Waals surface area contributed by atoms with E-state index in [2.05, 4.69) is 20.9 Å². The van der Waals surface area contributed by atoms with E-state index < -0.39 is 34.4 Å². The van der Waals surface area contributed by atoms with E-state index in [4.69, 9.17) is 5.73 Å². The Morgan fingerprint density at radius 3 is 2.32 bits per heavy atom. The van der Waals surface area contributed by atoms with Gasteiger partial charge in [0.2, 0.25) is 0 Å². The lowest BCUT2D eigenvalue weighted by molar-refractivity contribution is 0.0695. The van der Waals surface area contributed by atoms with Gasteiger partial charge >= 0.3 is 11.9 Å². The summed E-state index contributed by atoms with van der Waals surface area (Å²) >= 11 is 3.39. The summed E-state index contributed by atoms with van der Waals surface area (Å²) in [6.07, 6.45) is 0. The second-order valence-electron chi connectivity index (χ2n) is 5.28. The molecule has 0 bridgehead atoms. The summed E-state index contributed by atoms with van der Waals surface area (Å²) in [5.41, 5.74) is 3.58. The SMILES string of the molecule is Nc1[nH]c(=O)c(C(=O)O)c(-c2cc(Br)c3ccccc3c2)c1C(=O)O. The van der Waals surface area contributed by atoms with Gasteiger partial charge in [0.25, 0.3) is 5.56 Å². The van der Waals surface area contributed by atoms with Crippen molar-refractivity contribution in [1.29, 1.82) is 0 Å². The lowest BCUT2D eigenvalue weighted by atomic mass is 9.93. The van der Waals surface area contributed by atoms with Crippen LogP contribution >= 0.6 is 15.9 Å². The Labute approximate surface area is 148 Å². The van der Waals surface area contributed by atoms with Crippen molar-refractivity contribution in [2.75, 3.05) is 5.73 Å². The molecule has 3 aromatic rings. The first-order chi connectivity index (χ1) is 11.8. The van der Waals surface area contributed by atoms with Gasteiger partial charge in [-0.05, 0) is 28.5 Å². The Hall–Kier alpha value is -3.13. The van der Waals surface area contributed by atoms with E-state index in [1.54, 1.807) is 24.3 Å². The predicted octanol–water partition coefficient (Wildman–Crippen LogP) is 2.94. The van der Waals surface area contributed by atoms with Crippen molar-refractivity contribution < 1.29 is 19.8 Å². The number of hydrogen-bond donors (Lipinski definition) is 4. The standard InChI is InChI=1S/C17H11BrN2O5/c18-10-6-8(5-7-3-1-2-4-9(7)10)11-12(16(22)23)14(19)20-15(21)13(11)17(24)25/h1-6H,(H,22,23)(H,24,25)(H3,19,20,21). The zero-order chi connectivity index (χ0) is 18.3. The molecule has 0 fully saturated rings. The third kappa shape index (κ3) is 2.76. The number of halogens is 1. The van der Waals surface area contributed by atoms with Crippen LogP contribution in [0.3, 0.4) is 0 Å². The van der Waals surface area contributed by atoms with Crippen molar-refractivity contribution >= 4 is 44.5 Å². The highest BCUT2D eigenvalue weighted by Gasteiger charge is 2.26. The molecule has 0 aliphatic carbocycles. The smallest absolute Gasteiger partial charge is 0.342 e. The number of aromatic nitrogens is 1. The Balaban J connectivity index is 2.50. The van der Waals surface area contributed by atoms with Gasteiger partial charge in [-0.3, -0.25) is 4.79 Å². The average Bonchev–Trinajstić information content (AvgIpc) is 2.53. The van der Waals surface area contributed by atoms with E-state index in [1.165, 1.54) is 0 Å². The molecule has 0 saturated carbocycles. The fourth-order valence-electron chi connectivity index (χ4n) is 2.74. The number of benzene rings is 2. The highest BCUT2D eigenvalue weighted by atomic mass is 79.9. The minimum absolute atomic E-state index is 0.229. The number of aromatic carboxylic acids is 2. The van der Waals surface area contributed by atoms with Gasteiger partial charge < -0.3 is 20.9 Å². The maximum absolute atomic E-state index is 12.1. The Kier molecular flexibility index (Phi) is 4.05. The first kappa shape index (κ1) is 16.7. The molecular weight excluding hydrogens is 392 g/mol. The van der Waals surface area contributed by atoms with Crippen LogP contribution in [-0.4, -0.2) is 27.1 Å². The number of nitrogen functional groups attached to an aromatic ring is 1. The largest absolute Gasteiger partial charge is 0.478 e. The molecule has 0 spiro atoms. The van der Waals surface area contributed by atoms with E-state index in [0.717, 1.165) is 10.8 Å². The molecule has 0 atom stereocenters. The zero-order valence-electron chi connectivity index (χ0n) is 12.5. The van der Waals surface area contributed by atoms with E-state index >= 15 is 0 Å². The van der Waals surface area contributed by atoms with E-state index in [0.29, 0.717) is 4.47 Å². The van der Waals surface area contributed by atoms with Gasteiger partial charge in [0.05, 0.1) is 0 Å². The normalized spacial score (nSPS) is 10.8. The Bertz CT molecular complexity index is 1100. The number of anilines is 1. The summed E-state index contributed by atoms with van der Waals surface area (Å²) in [6, 6.07) is 10.5. The molecule has 0 aliphatic heterocycles. The molecule has 126 valence electrons. The van der Waals surface area contributed by atoms with E-state index in [-0.39, 0.29) is 11.1 Å². The molecule has 0 unspecified atom stereocenters. The maximum Gasteiger partial charge on any atom is 0.342 e. The summed E-state index contributed by atoms with van der Waals surface area (Å²) in [6.45, 7) is 0. The molecule has 25 heavy (non-hydrogen) atoms. The van der Waals surface area contributed by atoms with Crippen LogP contribution in [-0.2, 0) is 0 Å². The van der Waals surface area contributed by atoms with Crippen molar-refractivity contribution in [2.45, 2.75) is 0 Å². The fraction of sp³-hybridized carbons (Fsp3) is 0. The van der Waals surface area contributed by atoms with Crippen LogP contribution in [0.2, 0.25) is 0 Å². The molecule has 3 rings (SSSR count). The van der Waals surface area contributed by atoms with Crippen LogP contribution in [0, 0.1) is 0 Å². The maximum atomic E-state index is 12.1. The number of carbonyl (C=O) groups is 2. The summed E-state index contributed by atoms with van der Waals surface area (Å²) in [5, 5.41) is 20.5. The number of fused-ring (bicyclic) bond motifs is 1. The second-order valence-corrected chi connectivity index (χ2v) is 6.14. The fourth-order valence-corrected chi connectivity index (χ4v) is 3.35. The highest BCUT2D eigenvalue weighted by Crippen LogP contribution is 2.35. The highest BCUT2D eigenvalue weighted by molar-refractivity contribution is 9.10. The number of rotatable bonds is 3. The van der Waals surface area contributed by atoms with Gasteiger partial charge in [-0.2, -0.15) is 0 Å². The summed E-state index contributed by atoms with van der Waals surface area (Å²) in [4.78, 5) is 37.4. The topological polar surface area (TPSA) is 133 Å². The molecule has 0 radical (unpaired) electrons. The molecular formula is C17H11BrN2O5. The molecule has 1 aromatic heterocycles. The molecule has 0 aliphatic rings. The van der Waals surface area contributed by atoms with Gasteiger partial charge in [0.1, 0.15) is 16.9 Å². The molecule has 2 aromatic carbocycles. The number of aromatic amines is 1. The van der Waals surface area contributed by atoms with Crippen molar-refractivity contribution in [3.8, 4) is 11.1 Å². The Morgan fingerprint density at radius 1 is 1.04 bits per heavy atom. The number of hydrogen-bond acceptors (Lipinski definition) is 4. The number of carboxylic acids is 2. The molecule has 7 nitrogen and oxygen atoms in total. The zero-order valence-corrected chi connectivity index (χ0v) is 14.1. The number of H-pyrrole nitrogens is 1. The number of carboxylic acid groups (broad SMARTS) is 2. The van der Waals surface area contributed by atoms with E-state index in [9.17, 15) is 24.6 Å². The molecule has 1 heterocycles. The number of pyridine rings is 1. The van der Waals surface area contributed by atoms with Crippen molar-refractivity contribution in [2.24, 2.45) is 0 Å². The lowest BCUT2D eigenvalue weighted by Gasteiger charge is -2.13. The van der Waals surface area contributed by atoms with Crippen molar-refractivity contribution in [1.82, 2.24) is 4.98 Å². The monoisotopic (exact) mass is 402 g/mol. The first-order valence-electron chi connectivity index (χ1n) is 7.02. The van der Waals surface area contributed by atoms with Gasteiger partial charge in [-0.25, -0.2) is 9.59 Å². The second kappa shape index (κ2) is 6.06. The van der Waals surface area contributed by atoms with E-state index in [1.807, 2.05) is 12.1 Å². The van der Waals surface area contributed by atoms with Crippen LogP contribution in [0.5, 0.6) is 0 Å². The molecule has 0 amide bonds. The van der Waals surface area contributed by atoms with Crippen molar-refractivity contribution in [3.63, 3.8) is 0 Å². The third-order valence-electron chi connectivity index (χ3n) is 3.77. The first-order valence-corrected chi connectivity index (χ1v) is 7.81. The molecule has 5 N–H and O–H groups in total. The molecule has 8 heteroatoms. The van der Waals surface area contributed by atoms with Crippen LogP contribution in [0.25, 0.3) is 21.9 Å². The third-order valence-corrected chi connectivity index (χ3v) is 4.43. The van der Waals surface area contributed by atoms with Crippen LogP contribution in [0.15, 0.2) is 45.7 Å². The van der Waals surface area contributed by atoms with Crippen LogP contribution in [0.1, 0.15) is 20.7 Å². The van der Waals surface area contributed by atoms with Crippen molar-refractivity contribution in [3.05, 3.63) is 62.4 Å². The quantitative estimate of drug-likeness (QED) is 0.532.